The van der Waals surface area contributed by atoms with E-state index >= 15 is 0 Å². The molecule has 1 heterocycles. The fraction of sp³-hybridized carbons (Fsp3) is 0.357. The van der Waals surface area contributed by atoms with Crippen molar-refractivity contribution >= 4 is 15.9 Å². The van der Waals surface area contributed by atoms with Crippen LogP contribution in [0, 0.1) is 13.8 Å². The van der Waals surface area contributed by atoms with E-state index in [2.05, 4.69) is 46.2 Å². The van der Waals surface area contributed by atoms with E-state index in [4.69, 9.17) is 5.73 Å². The van der Waals surface area contributed by atoms with Crippen molar-refractivity contribution in [2.75, 3.05) is 0 Å². The van der Waals surface area contributed by atoms with E-state index in [1.54, 1.807) is 0 Å². The highest BCUT2D eigenvalue weighted by Crippen LogP contribution is 2.25. The van der Waals surface area contributed by atoms with Gasteiger partial charge in [-0.05, 0) is 35.3 Å². The average molecular weight is 308 g/mol. The highest BCUT2D eigenvalue weighted by atomic mass is 79.9. The summed E-state index contributed by atoms with van der Waals surface area (Å²) in [6.45, 7) is 4.08. The molecule has 18 heavy (non-hydrogen) atoms. The minimum Gasteiger partial charge on any atom is -0.324 e. The summed E-state index contributed by atoms with van der Waals surface area (Å²) < 4.78 is 2.96. The maximum absolute atomic E-state index is 6.28. The number of benzene rings is 1. The first-order chi connectivity index (χ1) is 8.49. The molecule has 1 aromatic heterocycles. The van der Waals surface area contributed by atoms with Gasteiger partial charge in [0.15, 0.2) is 0 Å². The van der Waals surface area contributed by atoms with Gasteiger partial charge in [0, 0.05) is 19.5 Å². The van der Waals surface area contributed by atoms with Gasteiger partial charge >= 0.3 is 0 Å². The minimum absolute atomic E-state index is 0.00370. The van der Waals surface area contributed by atoms with Crippen LogP contribution >= 0.6 is 15.9 Å². The van der Waals surface area contributed by atoms with Crippen molar-refractivity contribution in [3.8, 4) is 0 Å². The molecule has 3 nitrogen and oxygen atoms in total. The zero-order valence-electron chi connectivity index (χ0n) is 10.9. The Balaban J connectivity index is 2.24. The van der Waals surface area contributed by atoms with Crippen LogP contribution in [-0.4, -0.2) is 9.78 Å². The lowest BCUT2D eigenvalue weighted by Crippen LogP contribution is -2.15. The van der Waals surface area contributed by atoms with Crippen LogP contribution in [-0.2, 0) is 13.5 Å². The summed E-state index contributed by atoms with van der Waals surface area (Å²) in [6.07, 6.45) is 0.779. The van der Waals surface area contributed by atoms with Crippen molar-refractivity contribution in [3.05, 3.63) is 51.3 Å². The second-order valence-electron chi connectivity index (χ2n) is 4.69. The van der Waals surface area contributed by atoms with E-state index in [0.717, 1.165) is 22.3 Å². The second-order valence-corrected chi connectivity index (χ2v) is 5.49. The molecule has 2 N–H and O–H groups in total. The predicted molar refractivity (Wildman–Crippen MR) is 77.5 cm³/mol. The SMILES string of the molecule is Cc1cccc(C(N)Cc2c(Br)c(C)nn2C)c1. The van der Waals surface area contributed by atoms with E-state index in [-0.39, 0.29) is 6.04 Å². The molecule has 1 atom stereocenters. The molecule has 0 aliphatic heterocycles. The summed E-state index contributed by atoms with van der Waals surface area (Å²) in [6, 6.07) is 8.35. The van der Waals surface area contributed by atoms with Crippen LogP contribution in [0.25, 0.3) is 0 Å². The monoisotopic (exact) mass is 307 g/mol. The average Bonchev–Trinajstić information content (AvgIpc) is 2.56. The molecule has 4 heteroatoms. The van der Waals surface area contributed by atoms with Gasteiger partial charge in [0.2, 0.25) is 0 Å². The molecule has 0 spiro atoms. The number of rotatable bonds is 3. The molecule has 1 aromatic carbocycles. The standard InChI is InChI=1S/C14H18BrN3/c1-9-5-4-6-11(7-9)12(16)8-13-14(15)10(2)17-18(13)3/h4-7,12H,8,16H2,1-3H3. The quantitative estimate of drug-likeness (QED) is 0.947. The van der Waals surface area contributed by atoms with Gasteiger partial charge in [-0.3, -0.25) is 4.68 Å². The molecule has 0 amide bonds. The van der Waals surface area contributed by atoms with E-state index in [0.29, 0.717) is 0 Å². The molecule has 0 bridgehead atoms. The van der Waals surface area contributed by atoms with Gasteiger partial charge in [-0.25, -0.2) is 0 Å². The zero-order chi connectivity index (χ0) is 13.3. The Hall–Kier alpha value is -1.13. The first kappa shape index (κ1) is 13.3. The number of aromatic nitrogens is 2. The lowest BCUT2D eigenvalue weighted by atomic mass is 10.0. The number of nitrogens with zero attached hydrogens (tertiary/aromatic N) is 2. The Labute approximate surface area is 116 Å². The largest absolute Gasteiger partial charge is 0.324 e. The van der Waals surface area contributed by atoms with Gasteiger partial charge in [-0.15, -0.1) is 0 Å². The van der Waals surface area contributed by atoms with E-state index < -0.39 is 0 Å². The van der Waals surface area contributed by atoms with Crippen LogP contribution in [0.2, 0.25) is 0 Å². The molecule has 0 aliphatic rings. The third-order valence-electron chi connectivity index (χ3n) is 3.15. The molecule has 0 fully saturated rings. The third-order valence-corrected chi connectivity index (χ3v) is 4.18. The lowest BCUT2D eigenvalue weighted by molar-refractivity contribution is 0.638. The van der Waals surface area contributed by atoms with Gasteiger partial charge in [-0.2, -0.15) is 5.10 Å². The Morgan fingerprint density at radius 2 is 2.11 bits per heavy atom. The second kappa shape index (κ2) is 5.24. The van der Waals surface area contributed by atoms with Crippen molar-refractivity contribution in [2.24, 2.45) is 12.8 Å². The molecular weight excluding hydrogens is 290 g/mol. The summed E-state index contributed by atoms with van der Waals surface area (Å²) in [5, 5.41) is 4.39. The number of hydrogen-bond acceptors (Lipinski definition) is 2. The zero-order valence-corrected chi connectivity index (χ0v) is 12.5. The third kappa shape index (κ3) is 2.65. The summed E-state index contributed by atoms with van der Waals surface area (Å²) in [7, 11) is 1.95. The fourth-order valence-corrected chi connectivity index (χ4v) is 2.63. The Morgan fingerprint density at radius 3 is 2.67 bits per heavy atom. The minimum atomic E-state index is -0.00370. The van der Waals surface area contributed by atoms with Crippen molar-refractivity contribution in [3.63, 3.8) is 0 Å². The Bertz CT molecular complexity index is 560. The van der Waals surface area contributed by atoms with Crippen molar-refractivity contribution in [2.45, 2.75) is 26.3 Å². The lowest BCUT2D eigenvalue weighted by Gasteiger charge is -2.13. The topological polar surface area (TPSA) is 43.8 Å². The molecule has 1 unspecified atom stereocenters. The molecule has 0 aliphatic carbocycles. The number of hydrogen-bond donors (Lipinski definition) is 1. The van der Waals surface area contributed by atoms with Gasteiger partial charge in [0.05, 0.1) is 15.9 Å². The summed E-state index contributed by atoms with van der Waals surface area (Å²) in [5.41, 5.74) is 10.8. The molecule has 96 valence electrons. The van der Waals surface area contributed by atoms with Crippen molar-refractivity contribution in [1.29, 1.82) is 0 Å². The van der Waals surface area contributed by atoms with Crippen molar-refractivity contribution in [1.82, 2.24) is 9.78 Å². The van der Waals surface area contributed by atoms with Crippen LogP contribution in [0.5, 0.6) is 0 Å². The van der Waals surface area contributed by atoms with E-state index in [1.165, 1.54) is 11.1 Å². The first-order valence-electron chi connectivity index (χ1n) is 5.99. The fourth-order valence-electron chi connectivity index (χ4n) is 2.13. The maximum atomic E-state index is 6.28. The van der Waals surface area contributed by atoms with Crippen LogP contribution in [0.1, 0.15) is 28.6 Å². The Morgan fingerprint density at radius 1 is 1.39 bits per heavy atom. The van der Waals surface area contributed by atoms with Crippen molar-refractivity contribution < 1.29 is 0 Å². The highest BCUT2D eigenvalue weighted by molar-refractivity contribution is 9.10. The van der Waals surface area contributed by atoms with Crippen LogP contribution in [0.3, 0.4) is 0 Å². The molecule has 0 saturated carbocycles. The highest BCUT2D eigenvalue weighted by Gasteiger charge is 2.15. The summed E-state index contributed by atoms with van der Waals surface area (Å²) in [4.78, 5) is 0. The number of nitrogens with two attached hydrogens (primary N) is 1. The predicted octanol–water partition coefficient (Wildman–Crippen LogP) is 3.04. The van der Waals surface area contributed by atoms with Crippen LogP contribution in [0.4, 0.5) is 0 Å². The van der Waals surface area contributed by atoms with Crippen LogP contribution in [0.15, 0.2) is 28.7 Å². The normalized spacial score (nSPS) is 12.7. The smallest absolute Gasteiger partial charge is 0.0738 e. The van der Waals surface area contributed by atoms with E-state index in [9.17, 15) is 0 Å². The molecule has 2 aromatic rings. The maximum Gasteiger partial charge on any atom is 0.0738 e. The van der Waals surface area contributed by atoms with Gasteiger partial charge < -0.3 is 5.73 Å². The molecular formula is C14H18BrN3. The van der Waals surface area contributed by atoms with Gasteiger partial charge in [0.25, 0.3) is 0 Å². The van der Waals surface area contributed by atoms with Gasteiger partial charge in [0.1, 0.15) is 0 Å². The number of halogens is 1. The van der Waals surface area contributed by atoms with Crippen LogP contribution < -0.4 is 5.73 Å². The first-order valence-corrected chi connectivity index (χ1v) is 6.78. The van der Waals surface area contributed by atoms with Gasteiger partial charge in [-0.1, -0.05) is 29.8 Å². The number of aryl methyl sites for hydroxylation is 3. The molecule has 2 rings (SSSR count). The summed E-state index contributed by atoms with van der Waals surface area (Å²) >= 11 is 3.58. The Kier molecular flexibility index (Phi) is 3.88. The molecule has 0 radical (unpaired) electrons. The van der Waals surface area contributed by atoms with E-state index in [1.807, 2.05) is 24.7 Å². The summed E-state index contributed by atoms with van der Waals surface area (Å²) in [5.74, 6) is 0. The molecule has 0 saturated heterocycles.